The quantitative estimate of drug-likeness (QED) is 0.800. The molecule has 2 aromatic carbocycles. The van der Waals surface area contributed by atoms with Gasteiger partial charge < -0.3 is 15.1 Å². The van der Waals surface area contributed by atoms with Crippen LogP contribution in [-0.2, 0) is 11.3 Å². The van der Waals surface area contributed by atoms with Crippen LogP contribution in [0.5, 0.6) is 0 Å². The van der Waals surface area contributed by atoms with Gasteiger partial charge >= 0.3 is 0 Å². The van der Waals surface area contributed by atoms with Crippen molar-refractivity contribution in [3.8, 4) is 0 Å². The van der Waals surface area contributed by atoms with E-state index in [-0.39, 0.29) is 23.7 Å². The molecule has 0 spiro atoms. The summed E-state index contributed by atoms with van der Waals surface area (Å²) in [5.74, 6) is -0.274. The van der Waals surface area contributed by atoms with Gasteiger partial charge in [0, 0.05) is 31.6 Å². The fourth-order valence-electron chi connectivity index (χ4n) is 3.46. The molecule has 0 bridgehead atoms. The van der Waals surface area contributed by atoms with Crippen LogP contribution in [0.2, 0.25) is 0 Å². The van der Waals surface area contributed by atoms with E-state index in [1.54, 1.807) is 18.2 Å². The number of benzene rings is 2. The SMILES string of the molecule is CN(C)C(CNC(=O)c1ccc(CN2CCCC2=O)cc1)c1cccc(F)c1. The van der Waals surface area contributed by atoms with Crippen molar-refractivity contribution >= 4 is 11.8 Å². The molecule has 1 aliphatic rings. The van der Waals surface area contributed by atoms with Gasteiger partial charge in [0.2, 0.25) is 5.91 Å². The molecular weight excluding hydrogens is 357 g/mol. The van der Waals surface area contributed by atoms with Crippen molar-refractivity contribution in [2.45, 2.75) is 25.4 Å². The van der Waals surface area contributed by atoms with Crippen LogP contribution in [0, 0.1) is 5.82 Å². The normalized spacial score (nSPS) is 15.1. The predicted octanol–water partition coefficient (Wildman–Crippen LogP) is 2.98. The fourth-order valence-corrected chi connectivity index (χ4v) is 3.46. The Morgan fingerprint density at radius 1 is 1.21 bits per heavy atom. The maximum absolute atomic E-state index is 13.5. The summed E-state index contributed by atoms with van der Waals surface area (Å²) in [4.78, 5) is 28.0. The molecule has 1 aliphatic heterocycles. The first-order chi connectivity index (χ1) is 13.4. The lowest BCUT2D eigenvalue weighted by Crippen LogP contribution is -2.34. The molecule has 2 amide bonds. The third kappa shape index (κ3) is 4.95. The van der Waals surface area contributed by atoms with E-state index >= 15 is 0 Å². The number of hydrogen-bond acceptors (Lipinski definition) is 3. The van der Waals surface area contributed by atoms with E-state index in [0.717, 1.165) is 24.1 Å². The molecule has 0 aromatic heterocycles. The molecule has 0 saturated carbocycles. The molecule has 0 aliphatic carbocycles. The third-order valence-electron chi connectivity index (χ3n) is 5.07. The van der Waals surface area contributed by atoms with Crippen LogP contribution < -0.4 is 5.32 Å². The molecule has 5 nitrogen and oxygen atoms in total. The highest BCUT2D eigenvalue weighted by molar-refractivity contribution is 5.94. The molecule has 1 saturated heterocycles. The van der Waals surface area contributed by atoms with Crippen molar-refractivity contribution in [3.63, 3.8) is 0 Å². The van der Waals surface area contributed by atoms with Gasteiger partial charge in [0.05, 0.1) is 6.04 Å². The van der Waals surface area contributed by atoms with Crippen molar-refractivity contribution in [3.05, 3.63) is 71.0 Å². The highest BCUT2D eigenvalue weighted by Gasteiger charge is 2.20. The summed E-state index contributed by atoms with van der Waals surface area (Å²) in [6, 6.07) is 13.6. The molecule has 1 unspecified atom stereocenters. The summed E-state index contributed by atoms with van der Waals surface area (Å²) in [5, 5.41) is 2.93. The molecule has 1 fully saturated rings. The highest BCUT2D eigenvalue weighted by atomic mass is 19.1. The average molecular weight is 383 g/mol. The number of nitrogens with zero attached hydrogens (tertiary/aromatic N) is 2. The Morgan fingerprint density at radius 2 is 1.96 bits per heavy atom. The maximum Gasteiger partial charge on any atom is 0.251 e. The molecular formula is C22H26FN3O2. The van der Waals surface area contributed by atoms with Gasteiger partial charge in [0.15, 0.2) is 0 Å². The van der Waals surface area contributed by atoms with Gasteiger partial charge in [-0.15, -0.1) is 0 Å². The van der Waals surface area contributed by atoms with Crippen LogP contribution in [0.3, 0.4) is 0 Å². The van der Waals surface area contributed by atoms with E-state index in [1.807, 2.05) is 42.1 Å². The monoisotopic (exact) mass is 383 g/mol. The number of likely N-dealkylation sites (N-methyl/N-ethyl adjacent to an activating group) is 1. The molecule has 2 aromatic rings. The number of carbonyl (C=O) groups is 2. The summed E-state index contributed by atoms with van der Waals surface area (Å²) in [6.07, 6.45) is 1.54. The molecule has 0 radical (unpaired) electrons. The molecule has 6 heteroatoms. The summed E-state index contributed by atoms with van der Waals surface area (Å²) >= 11 is 0. The van der Waals surface area contributed by atoms with Gasteiger partial charge in [0.1, 0.15) is 5.82 Å². The number of amides is 2. The van der Waals surface area contributed by atoms with Gasteiger partial charge in [-0.2, -0.15) is 0 Å². The summed E-state index contributed by atoms with van der Waals surface area (Å²) in [7, 11) is 3.80. The standard InChI is InChI=1S/C22H26FN3O2/c1-25(2)20(18-5-3-6-19(23)13-18)14-24-22(28)17-10-8-16(9-11-17)15-26-12-4-7-21(26)27/h3,5-6,8-11,13,20H,4,7,12,14-15H2,1-2H3,(H,24,28). The van der Waals surface area contributed by atoms with Crippen molar-refractivity contribution in [2.24, 2.45) is 0 Å². The van der Waals surface area contributed by atoms with E-state index in [1.165, 1.54) is 12.1 Å². The van der Waals surface area contributed by atoms with Crippen molar-refractivity contribution in [2.75, 3.05) is 27.2 Å². The Hall–Kier alpha value is -2.73. The molecule has 148 valence electrons. The number of likely N-dealkylation sites (tertiary alicyclic amines) is 1. The van der Waals surface area contributed by atoms with Gasteiger partial charge in [0.25, 0.3) is 5.91 Å². The van der Waals surface area contributed by atoms with Gasteiger partial charge in [-0.1, -0.05) is 24.3 Å². The second-order valence-electron chi connectivity index (χ2n) is 7.36. The minimum atomic E-state index is -0.289. The molecule has 1 N–H and O–H groups in total. The van der Waals surface area contributed by atoms with E-state index < -0.39 is 0 Å². The zero-order valence-corrected chi connectivity index (χ0v) is 16.3. The molecule has 3 rings (SSSR count). The van der Waals surface area contributed by atoms with E-state index in [2.05, 4.69) is 5.32 Å². The molecule has 28 heavy (non-hydrogen) atoms. The first-order valence-electron chi connectivity index (χ1n) is 9.51. The summed E-state index contributed by atoms with van der Waals surface area (Å²) in [5.41, 5.74) is 2.39. The van der Waals surface area contributed by atoms with Crippen molar-refractivity contribution in [1.82, 2.24) is 15.1 Å². The third-order valence-corrected chi connectivity index (χ3v) is 5.07. The largest absolute Gasteiger partial charge is 0.350 e. The number of nitrogens with one attached hydrogen (secondary N) is 1. The number of hydrogen-bond donors (Lipinski definition) is 1. The maximum atomic E-state index is 13.5. The Morgan fingerprint density at radius 3 is 2.57 bits per heavy atom. The lowest BCUT2D eigenvalue weighted by atomic mass is 10.1. The smallest absolute Gasteiger partial charge is 0.251 e. The van der Waals surface area contributed by atoms with Gasteiger partial charge in [-0.25, -0.2) is 4.39 Å². The summed E-state index contributed by atoms with van der Waals surface area (Å²) in [6.45, 7) is 1.76. The van der Waals surface area contributed by atoms with E-state index in [4.69, 9.17) is 0 Å². The second-order valence-corrected chi connectivity index (χ2v) is 7.36. The van der Waals surface area contributed by atoms with Crippen LogP contribution in [0.1, 0.15) is 40.4 Å². The average Bonchev–Trinajstić information content (AvgIpc) is 3.07. The van der Waals surface area contributed by atoms with Crippen LogP contribution in [0.25, 0.3) is 0 Å². The zero-order chi connectivity index (χ0) is 20.1. The first-order valence-corrected chi connectivity index (χ1v) is 9.51. The van der Waals surface area contributed by atoms with Crippen LogP contribution in [0.15, 0.2) is 48.5 Å². The van der Waals surface area contributed by atoms with Crippen molar-refractivity contribution in [1.29, 1.82) is 0 Å². The molecule has 1 atom stereocenters. The second kappa shape index (κ2) is 8.97. The molecule has 1 heterocycles. The number of carbonyl (C=O) groups excluding carboxylic acids is 2. The fraction of sp³-hybridized carbons (Fsp3) is 0.364. The topological polar surface area (TPSA) is 52.7 Å². The predicted molar refractivity (Wildman–Crippen MR) is 106 cm³/mol. The Kier molecular flexibility index (Phi) is 6.41. The Bertz CT molecular complexity index is 836. The van der Waals surface area contributed by atoms with Crippen LogP contribution >= 0.6 is 0 Å². The Balaban J connectivity index is 1.59. The zero-order valence-electron chi connectivity index (χ0n) is 16.3. The van der Waals surface area contributed by atoms with Gasteiger partial charge in [-0.3, -0.25) is 9.59 Å². The Labute approximate surface area is 165 Å². The highest BCUT2D eigenvalue weighted by Crippen LogP contribution is 2.19. The van der Waals surface area contributed by atoms with Crippen LogP contribution in [-0.4, -0.2) is 48.8 Å². The van der Waals surface area contributed by atoms with Crippen molar-refractivity contribution < 1.29 is 14.0 Å². The van der Waals surface area contributed by atoms with E-state index in [0.29, 0.717) is 25.1 Å². The first kappa shape index (κ1) is 20.0. The summed E-state index contributed by atoms with van der Waals surface area (Å²) < 4.78 is 13.5. The minimum Gasteiger partial charge on any atom is -0.350 e. The lowest BCUT2D eigenvalue weighted by molar-refractivity contribution is -0.128. The number of halogens is 1. The number of rotatable bonds is 7. The minimum absolute atomic E-state index is 0.125. The van der Waals surface area contributed by atoms with E-state index in [9.17, 15) is 14.0 Å². The van der Waals surface area contributed by atoms with Gasteiger partial charge in [-0.05, 0) is 55.9 Å². The lowest BCUT2D eigenvalue weighted by Gasteiger charge is -2.25. The van der Waals surface area contributed by atoms with Crippen LogP contribution in [0.4, 0.5) is 4.39 Å².